The van der Waals surface area contributed by atoms with Crippen molar-refractivity contribution in [3.63, 3.8) is 0 Å². The summed E-state index contributed by atoms with van der Waals surface area (Å²) in [6.45, 7) is 5.24. The highest BCUT2D eigenvalue weighted by atomic mass is 16.5. The van der Waals surface area contributed by atoms with Crippen LogP contribution < -0.4 is 0 Å². The summed E-state index contributed by atoms with van der Waals surface area (Å²) in [6.07, 6.45) is 0. The molecule has 5 nitrogen and oxygen atoms in total. The maximum Gasteiger partial charge on any atom is 0.320 e. The van der Waals surface area contributed by atoms with E-state index in [9.17, 15) is 4.79 Å². The van der Waals surface area contributed by atoms with Crippen molar-refractivity contribution in [1.29, 1.82) is 0 Å². The van der Waals surface area contributed by atoms with Gasteiger partial charge in [0.2, 0.25) is 0 Å². The third-order valence-corrected chi connectivity index (χ3v) is 2.38. The monoisotopic (exact) mass is 219 g/mol. The molecule has 0 aliphatic heterocycles. The highest BCUT2D eigenvalue weighted by Crippen LogP contribution is 2.06. The second-order valence-corrected chi connectivity index (χ2v) is 3.55. The summed E-state index contributed by atoms with van der Waals surface area (Å²) in [5.41, 5.74) is 0. The highest BCUT2D eigenvalue weighted by molar-refractivity contribution is 5.72. The number of nitrogens with zero attached hydrogens (tertiary/aromatic N) is 1. The summed E-state index contributed by atoms with van der Waals surface area (Å²) < 4.78 is 9.97. The van der Waals surface area contributed by atoms with Gasteiger partial charge in [-0.15, -0.1) is 0 Å². The van der Waals surface area contributed by atoms with Crippen LogP contribution in [0.3, 0.4) is 0 Å². The number of methoxy groups -OCH3 is 2. The number of ether oxygens (including phenoxy) is 2. The van der Waals surface area contributed by atoms with Gasteiger partial charge in [0.05, 0.1) is 13.2 Å². The average Bonchev–Trinajstić information content (AvgIpc) is 2.18. The van der Waals surface area contributed by atoms with Crippen molar-refractivity contribution in [2.45, 2.75) is 25.9 Å². The van der Waals surface area contributed by atoms with Crippen molar-refractivity contribution in [2.24, 2.45) is 0 Å². The number of rotatable bonds is 8. The smallest absolute Gasteiger partial charge is 0.320 e. The quantitative estimate of drug-likeness (QED) is 0.642. The lowest BCUT2D eigenvalue weighted by Gasteiger charge is -2.31. The minimum Gasteiger partial charge on any atom is -0.480 e. The molecule has 0 bridgehead atoms. The fourth-order valence-electron chi connectivity index (χ4n) is 1.47. The number of hydrogen-bond donors (Lipinski definition) is 1. The predicted molar refractivity (Wildman–Crippen MR) is 57.0 cm³/mol. The molecule has 0 rings (SSSR count). The van der Waals surface area contributed by atoms with E-state index in [4.69, 9.17) is 14.6 Å². The third-order valence-electron chi connectivity index (χ3n) is 2.38. The number of carboxylic acids is 1. The first-order chi connectivity index (χ1) is 7.04. The van der Waals surface area contributed by atoms with Gasteiger partial charge in [0.15, 0.2) is 0 Å². The van der Waals surface area contributed by atoms with E-state index < -0.39 is 12.0 Å². The molecule has 0 radical (unpaired) electrons. The zero-order chi connectivity index (χ0) is 11.8. The topological polar surface area (TPSA) is 59.0 Å². The molecule has 0 saturated carbocycles. The van der Waals surface area contributed by atoms with Crippen LogP contribution in [0.15, 0.2) is 0 Å². The Morgan fingerprint density at radius 2 is 1.93 bits per heavy atom. The van der Waals surface area contributed by atoms with Crippen molar-refractivity contribution in [1.82, 2.24) is 4.90 Å². The summed E-state index contributed by atoms with van der Waals surface area (Å²) in [6, 6.07) is -0.457. The lowest BCUT2D eigenvalue weighted by Crippen LogP contribution is -2.47. The Hall–Kier alpha value is -0.650. The lowest BCUT2D eigenvalue weighted by molar-refractivity contribution is -0.144. The molecule has 1 N–H and O–H groups in total. The van der Waals surface area contributed by atoms with Crippen molar-refractivity contribution in [2.75, 3.05) is 34.0 Å². The Bertz CT molecular complexity index is 186. The largest absolute Gasteiger partial charge is 0.480 e. The van der Waals surface area contributed by atoms with E-state index in [0.29, 0.717) is 19.8 Å². The first-order valence-electron chi connectivity index (χ1n) is 5.01. The van der Waals surface area contributed by atoms with Gasteiger partial charge < -0.3 is 14.6 Å². The molecule has 90 valence electrons. The maximum absolute atomic E-state index is 10.9. The average molecular weight is 219 g/mol. The van der Waals surface area contributed by atoms with E-state index in [1.54, 1.807) is 21.1 Å². The minimum atomic E-state index is -0.825. The Morgan fingerprint density at radius 1 is 1.33 bits per heavy atom. The zero-order valence-electron chi connectivity index (χ0n) is 9.90. The molecule has 0 aliphatic carbocycles. The van der Waals surface area contributed by atoms with Crippen LogP contribution in [0, 0.1) is 0 Å². The van der Waals surface area contributed by atoms with Crippen LogP contribution in [-0.4, -0.2) is 62.0 Å². The molecule has 0 aliphatic rings. The summed E-state index contributed by atoms with van der Waals surface area (Å²) in [5, 5.41) is 8.95. The molecule has 2 atom stereocenters. The van der Waals surface area contributed by atoms with Crippen LogP contribution in [0.5, 0.6) is 0 Å². The predicted octanol–water partition coefficient (Wildman–Crippen LogP) is 0.443. The van der Waals surface area contributed by atoms with Crippen LogP contribution in [-0.2, 0) is 14.3 Å². The first kappa shape index (κ1) is 14.3. The van der Waals surface area contributed by atoms with Crippen LogP contribution in [0.4, 0.5) is 0 Å². The summed E-state index contributed by atoms with van der Waals surface area (Å²) in [4.78, 5) is 12.7. The lowest BCUT2D eigenvalue weighted by atomic mass is 10.2. The molecule has 2 unspecified atom stereocenters. The molecule has 0 amide bonds. The molecule has 0 spiro atoms. The van der Waals surface area contributed by atoms with Crippen LogP contribution in [0.25, 0.3) is 0 Å². The number of carbonyl (C=O) groups is 1. The number of aliphatic carboxylic acids is 1. The fourth-order valence-corrected chi connectivity index (χ4v) is 1.47. The molecule has 0 aromatic carbocycles. The van der Waals surface area contributed by atoms with Crippen LogP contribution in [0.1, 0.15) is 13.8 Å². The van der Waals surface area contributed by atoms with Gasteiger partial charge in [-0.3, -0.25) is 9.69 Å². The number of hydrogen-bond acceptors (Lipinski definition) is 4. The van der Waals surface area contributed by atoms with Crippen LogP contribution in [0.2, 0.25) is 0 Å². The molecule has 0 aromatic rings. The Morgan fingerprint density at radius 3 is 2.33 bits per heavy atom. The maximum atomic E-state index is 10.9. The molecule has 0 heterocycles. The summed E-state index contributed by atoms with van der Waals surface area (Å²) >= 11 is 0. The highest BCUT2D eigenvalue weighted by Gasteiger charge is 2.24. The second-order valence-electron chi connectivity index (χ2n) is 3.55. The summed E-state index contributed by atoms with van der Waals surface area (Å²) in [5.74, 6) is -0.825. The van der Waals surface area contributed by atoms with Gasteiger partial charge in [-0.1, -0.05) is 0 Å². The Kier molecular flexibility index (Phi) is 7.29. The van der Waals surface area contributed by atoms with Crippen molar-refractivity contribution in [3.8, 4) is 0 Å². The van der Waals surface area contributed by atoms with Gasteiger partial charge in [-0.25, -0.2) is 0 Å². The summed E-state index contributed by atoms with van der Waals surface area (Å²) in [7, 11) is 3.21. The number of carboxylic acid groups (broad SMARTS) is 1. The van der Waals surface area contributed by atoms with Crippen molar-refractivity contribution < 1.29 is 19.4 Å². The minimum absolute atomic E-state index is 0.0660. The molecule has 0 aromatic heterocycles. The van der Waals surface area contributed by atoms with Crippen LogP contribution >= 0.6 is 0 Å². The molecular weight excluding hydrogens is 198 g/mol. The third kappa shape index (κ3) is 5.11. The normalized spacial score (nSPS) is 15.3. The van der Waals surface area contributed by atoms with Gasteiger partial charge in [-0.05, 0) is 13.8 Å². The second kappa shape index (κ2) is 7.62. The van der Waals surface area contributed by atoms with E-state index in [2.05, 4.69) is 0 Å². The van der Waals surface area contributed by atoms with E-state index in [1.807, 2.05) is 11.8 Å². The SMILES string of the molecule is COCCN(C(C)COC)C(C)C(=O)O. The van der Waals surface area contributed by atoms with E-state index in [1.165, 1.54) is 0 Å². The molecule has 15 heavy (non-hydrogen) atoms. The molecule has 0 saturated heterocycles. The van der Waals surface area contributed by atoms with E-state index in [-0.39, 0.29) is 6.04 Å². The van der Waals surface area contributed by atoms with E-state index in [0.717, 1.165) is 0 Å². The van der Waals surface area contributed by atoms with Gasteiger partial charge in [-0.2, -0.15) is 0 Å². The van der Waals surface area contributed by atoms with Gasteiger partial charge in [0.25, 0.3) is 0 Å². The van der Waals surface area contributed by atoms with Gasteiger partial charge in [0, 0.05) is 26.8 Å². The Balaban J connectivity index is 4.34. The molecular formula is C10H21NO4. The van der Waals surface area contributed by atoms with E-state index >= 15 is 0 Å². The van der Waals surface area contributed by atoms with Crippen molar-refractivity contribution in [3.05, 3.63) is 0 Å². The first-order valence-corrected chi connectivity index (χ1v) is 5.01. The Labute approximate surface area is 91.0 Å². The van der Waals surface area contributed by atoms with Crippen molar-refractivity contribution >= 4 is 5.97 Å². The molecule has 0 fully saturated rings. The zero-order valence-corrected chi connectivity index (χ0v) is 9.90. The standard InChI is InChI=1S/C10H21NO4/c1-8(7-15-4)11(5-6-14-3)9(2)10(12)13/h8-9H,5-7H2,1-4H3,(H,12,13). The molecule has 5 heteroatoms. The van der Waals surface area contributed by atoms with Gasteiger partial charge >= 0.3 is 5.97 Å². The van der Waals surface area contributed by atoms with Gasteiger partial charge in [0.1, 0.15) is 6.04 Å². The fraction of sp³-hybridized carbons (Fsp3) is 0.900.